The van der Waals surface area contributed by atoms with Gasteiger partial charge in [-0.25, -0.2) is 5.01 Å². The van der Waals surface area contributed by atoms with Gasteiger partial charge in [-0.1, -0.05) is 78.3 Å². The summed E-state index contributed by atoms with van der Waals surface area (Å²) in [7, 11) is 0. The fourth-order valence-electron chi connectivity index (χ4n) is 4.63. The van der Waals surface area contributed by atoms with Crippen molar-refractivity contribution in [2.75, 3.05) is 5.01 Å². The van der Waals surface area contributed by atoms with Crippen molar-refractivity contribution >= 4 is 28.9 Å². The maximum absolute atomic E-state index is 12.9. The van der Waals surface area contributed by atoms with Gasteiger partial charge in [-0.15, -0.1) is 5.10 Å². The van der Waals surface area contributed by atoms with Gasteiger partial charge in [0.05, 0.1) is 5.69 Å². The fourth-order valence-corrected chi connectivity index (χ4v) is 4.81. The smallest absolute Gasteiger partial charge is 0.196 e. The van der Waals surface area contributed by atoms with Gasteiger partial charge in [0.15, 0.2) is 17.8 Å². The first kappa shape index (κ1) is 25.6. The molecule has 0 aromatic heterocycles. The van der Waals surface area contributed by atoms with Crippen molar-refractivity contribution in [1.82, 2.24) is 4.90 Å². The Morgan fingerprint density at radius 1 is 0.868 bits per heavy atom. The summed E-state index contributed by atoms with van der Waals surface area (Å²) in [5.74, 6) is 0.979. The van der Waals surface area contributed by atoms with Crippen LogP contribution in [0.15, 0.2) is 102 Å². The van der Waals surface area contributed by atoms with Gasteiger partial charge in [0, 0.05) is 24.1 Å². The van der Waals surface area contributed by atoms with Crippen LogP contribution in [0.4, 0.5) is 5.69 Å². The molecule has 5 nitrogen and oxygen atoms in total. The minimum atomic E-state index is -0.444. The predicted octanol–water partition coefficient (Wildman–Crippen LogP) is 7.46. The Labute approximate surface area is 228 Å². The van der Waals surface area contributed by atoms with E-state index in [0.29, 0.717) is 29.8 Å². The third-order valence-corrected chi connectivity index (χ3v) is 6.99. The van der Waals surface area contributed by atoms with Crippen molar-refractivity contribution < 1.29 is 9.53 Å². The Balaban J connectivity index is 1.62. The lowest BCUT2D eigenvalue weighted by atomic mass is 10.1. The van der Waals surface area contributed by atoms with Crippen LogP contribution in [0.25, 0.3) is 0 Å². The summed E-state index contributed by atoms with van der Waals surface area (Å²) >= 11 is 6.56. The highest BCUT2D eigenvalue weighted by molar-refractivity contribution is 6.38. The zero-order valence-corrected chi connectivity index (χ0v) is 22.5. The van der Waals surface area contributed by atoms with Gasteiger partial charge in [-0.05, 0) is 66.4 Å². The number of aryl methyl sites for hydroxylation is 2. The van der Waals surface area contributed by atoms with Gasteiger partial charge in [0.2, 0.25) is 0 Å². The van der Waals surface area contributed by atoms with Crippen molar-refractivity contribution in [3.63, 3.8) is 0 Å². The molecule has 0 unspecified atom stereocenters. The standard InChI is InChI=1S/C32H30ClN3O2/c1-22-14-16-28(18-23(22)2)36-32(35(31(34-36)24(3)37)20-25-10-6-4-7-11-25)29-19-27(33)15-17-30(29)38-21-26-12-8-5-9-13-26/h4-19,32H,20-21H2,1-3H3/t32-/m1/s1. The van der Waals surface area contributed by atoms with Crippen LogP contribution >= 0.6 is 11.6 Å². The number of hydrogen-bond donors (Lipinski definition) is 0. The van der Waals surface area contributed by atoms with Crippen LogP contribution in [0.3, 0.4) is 0 Å². The fraction of sp³-hybridized carbons (Fsp3) is 0.188. The molecule has 0 spiro atoms. The predicted molar refractivity (Wildman–Crippen MR) is 153 cm³/mol. The van der Waals surface area contributed by atoms with E-state index < -0.39 is 6.17 Å². The molecule has 0 fully saturated rings. The average molecular weight is 524 g/mol. The zero-order valence-electron chi connectivity index (χ0n) is 21.8. The molecule has 6 heteroatoms. The third-order valence-electron chi connectivity index (χ3n) is 6.75. The second-order valence-electron chi connectivity index (χ2n) is 9.54. The van der Waals surface area contributed by atoms with E-state index in [9.17, 15) is 4.79 Å². The Bertz CT molecular complexity index is 1470. The third kappa shape index (κ3) is 5.43. The summed E-state index contributed by atoms with van der Waals surface area (Å²) in [6.07, 6.45) is -0.444. The molecule has 192 valence electrons. The monoisotopic (exact) mass is 523 g/mol. The highest BCUT2D eigenvalue weighted by Crippen LogP contribution is 2.42. The first-order valence-electron chi connectivity index (χ1n) is 12.6. The van der Waals surface area contributed by atoms with Crippen LogP contribution in [0, 0.1) is 13.8 Å². The molecule has 38 heavy (non-hydrogen) atoms. The quantitative estimate of drug-likeness (QED) is 0.240. The minimum Gasteiger partial charge on any atom is -0.488 e. The molecule has 1 atom stereocenters. The summed E-state index contributed by atoms with van der Waals surface area (Å²) in [5.41, 5.74) is 6.20. The number of anilines is 1. The lowest BCUT2D eigenvalue weighted by Gasteiger charge is -2.33. The number of ketones is 1. The average Bonchev–Trinajstić information content (AvgIpc) is 3.30. The Morgan fingerprint density at radius 3 is 2.21 bits per heavy atom. The number of carbonyl (C=O) groups excluding carboxylic acids is 1. The van der Waals surface area contributed by atoms with E-state index in [1.807, 2.05) is 82.7 Å². The number of halogens is 1. The number of amidine groups is 1. The summed E-state index contributed by atoms with van der Waals surface area (Å²) in [6.45, 7) is 6.62. The number of rotatable bonds is 8. The molecule has 5 rings (SSSR count). The molecule has 0 saturated heterocycles. The summed E-state index contributed by atoms with van der Waals surface area (Å²) < 4.78 is 6.36. The lowest BCUT2D eigenvalue weighted by Crippen LogP contribution is -2.37. The number of nitrogens with zero attached hydrogens (tertiary/aromatic N) is 3. The SMILES string of the molecule is CC(=O)C1=NN(c2ccc(C)c(C)c2)[C@H](c2cc(Cl)ccc2OCc2ccccc2)N1Cc1ccccc1. The number of benzene rings is 4. The molecule has 0 saturated carbocycles. The van der Waals surface area contributed by atoms with Crippen molar-refractivity contribution in [3.05, 3.63) is 130 Å². The van der Waals surface area contributed by atoms with Crippen LogP contribution < -0.4 is 9.75 Å². The molecular formula is C32H30ClN3O2. The molecule has 1 heterocycles. The Kier molecular flexibility index (Phi) is 7.47. The van der Waals surface area contributed by atoms with Gasteiger partial charge in [-0.2, -0.15) is 0 Å². The first-order chi connectivity index (χ1) is 18.4. The highest BCUT2D eigenvalue weighted by atomic mass is 35.5. The molecule has 0 aliphatic carbocycles. The van der Waals surface area contributed by atoms with E-state index in [1.54, 1.807) is 6.92 Å². The molecule has 0 radical (unpaired) electrons. The number of ether oxygens (including phenoxy) is 1. The van der Waals surface area contributed by atoms with Gasteiger partial charge in [-0.3, -0.25) is 4.79 Å². The molecular weight excluding hydrogens is 494 g/mol. The van der Waals surface area contributed by atoms with E-state index in [0.717, 1.165) is 27.9 Å². The van der Waals surface area contributed by atoms with Crippen molar-refractivity contribution in [2.45, 2.75) is 40.1 Å². The van der Waals surface area contributed by atoms with Crippen LogP contribution in [0.2, 0.25) is 5.02 Å². The van der Waals surface area contributed by atoms with Gasteiger partial charge < -0.3 is 9.64 Å². The van der Waals surface area contributed by atoms with E-state index >= 15 is 0 Å². The van der Waals surface area contributed by atoms with E-state index in [2.05, 4.69) is 38.1 Å². The maximum atomic E-state index is 12.9. The van der Waals surface area contributed by atoms with Crippen molar-refractivity contribution in [1.29, 1.82) is 0 Å². The van der Waals surface area contributed by atoms with Crippen LogP contribution in [0.1, 0.15) is 40.9 Å². The summed E-state index contributed by atoms with van der Waals surface area (Å²) in [6, 6.07) is 32.0. The van der Waals surface area contributed by atoms with Crippen LogP contribution in [-0.2, 0) is 17.9 Å². The zero-order chi connectivity index (χ0) is 26.6. The second-order valence-corrected chi connectivity index (χ2v) is 9.97. The number of carbonyl (C=O) groups is 1. The molecule has 0 N–H and O–H groups in total. The molecule has 1 aliphatic heterocycles. The first-order valence-corrected chi connectivity index (χ1v) is 13.0. The summed E-state index contributed by atoms with van der Waals surface area (Å²) in [5, 5.41) is 7.38. The Hall–Kier alpha value is -4.09. The van der Waals surface area contributed by atoms with Crippen LogP contribution in [0.5, 0.6) is 5.75 Å². The van der Waals surface area contributed by atoms with Crippen LogP contribution in [-0.4, -0.2) is 16.5 Å². The largest absolute Gasteiger partial charge is 0.488 e. The van der Waals surface area contributed by atoms with Crippen molar-refractivity contribution in [2.24, 2.45) is 5.10 Å². The second kappa shape index (κ2) is 11.1. The molecule has 1 aliphatic rings. The number of hydrogen-bond acceptors (Lipinski definition) is 5. The van der Waals surface area contributed by atoms with E-state index in [1.165, 1.54) is 5.56 Å². The lowest BCUT2D eigenvalue weighted by molar-refractivity contribution is -0.111. The minimum absolute atomic E-state index is 0.106. The van der Waals surface area contributed by atoms with Gasteiger partial charge in [0.1, 0.15) is 12.4 Å². The van der Waals surface area contributed by atoms with Gasteiger partial charge >= 0.3 is 0 Å². The molecule has 0 bridgehead atoms. The molecule has 4 aromatic carbocycles. The number of Topliss-reactive ketones (excluding diaryl/α,β-unsaturated/α-hetero) is 1. The topological polar surface area (TPSA) is 45.1 Å². The van der Waals surface area contributed by atoms with Crippen molar-refractivity contribution in [3.8, 4) is 5.75 Å². The molecule has 0 amide bonds. The molecule has 4 aromatic rings. The van der Waals surface area contributed by atoms with Gasteiger partial charge in [0.25, 0.3) is 0 Å². The summed E-state index contributed by atoms with van der Waals surface area (Å²) in [4.78, 5) is 15.0. The maximum Gasteiger partial charge on any atom is 0.196 e. The normalized spacial score (nSPS) is 14.9. The van der Waals surface area contributed by atoms with E-state index in [-0.39, 0.29) is 5.78 Å². The van der Waals surface area contributed by atoms with E-state index in [4.69, 9.17) is 21.4 Å². The number of hydrazone groups is 1. The Morgan fingerprint density at radius 2 is 1.55 bits per heavy atom. The highest BCUT2D eigenvalue weighted by Gasteiger charge is 2.40.